The second-order valence-electron chi connectivity index (χ2n) is 6.48. The smallest absolute Gasteiger partial charge is 0.308 e. The Morgan fingerprint density at radius 1 is 1.19 bits per heavy atom. The summed E-state index contributed by atoms with van der Waals surface area (Å²) in [6.07, 6.45) is 1.33. The van der Waals surface area contributed by atoms with E-state index in [0.29, 0.717) is 24.9 Å². The number of piperidine rings is 1. The van der Waals surface area contributed by atoms with Crippen molar-refractivity contribution in [2.45, 2.75) is 12.8 Å². The minimum atomic E-state index is -0.832. The average Bonchev–Trinajstić information content (AvgIpc) is 3.21. The van der Waals surface area contributed by atoms with Crippen molar-refractivity contribution in [3.05, 3.63) is 53.4 Å². The molecule has 0 aliphatic carbocycles. The number of carbonyl (C=O) groups excluding carboxylic acids is 1. The van der Waals surface area contributed by atoms with E-state index in [1.807, 2.05) is 47.8 Å². The molecule has 0 radical (unpaired) electrons. The highest BCUT2D eigenvalue weighted by atomic mass is 32.1. The van der Waals surface area contributed by atoms with Crippen molar-refractivity contribution in [3.8, 4) is 10.6 Å². The number of pyridine rings is 1. The van der Waals surface area contributed by atoms with Crippen LogP contribution in [0.1, 0.15) is 23.2 Å². The summed E-state index contributed by atoms with van der Waals surface area (Å²) in [5.74, 6) is -1.44. The fourth-order valence-electron chi connectivity index (χ4n) is 3.44. The summed E-state index contributed by atoms with van der Waals surface area (Å²) in [6.45, 7) is 0.854. The lowest BCUT2D eigenvalue weighted by atomic mass is 9.97. The third-order valence-corrected chi connectivity index (χ3v) is 5.67. The highest BCUT2D eigenvalue weighted by molar-refractivity contribution is 7.13. The predicted octanol–water partition coefficient (Wildman–Crippen LogP) is 3.90. The zero-order valence-corrected chi connectivity index (χ0v) is 14.9. The Bertz CT molecular complexity index is 968. The maximum atomic E-state index is 13.2. The van der Waals surface area contributed by atoms with Crippen molar-refractivity contribution in [2.75, 3.05) is 13.1 Å². The molecule has 0 bridgehead atoms. The fourth-order valence-corrected chi connectivity index (χ4v) is 4.12. The molecule has 1 unspecified atom stereocenters. The van der Waals surface area contributed by atoms with Gasteiger partial charge in [-0.25, -0.2) is 4.98 Å². The Morgan fingerprint density at radius 3 is 2.81 bits per heavy atom. The Labute approximate surface area is 154 Å². The number of carbonyl (C=O) groups is 2. The summed E-state index contributed by atoms with van der Waals surface area (Å²) in [5.41, 5.74) is 2.13. The summed E-state index contributed by atoms with van der Waals surface area (Å²) >= 11 is 1.58. The van der Waals surface area contributed by atoms with Crippen LogP contribution in [0.4, 0.5) is 0 Å². The molecule has 132 valence electrons. The molecule has 1 aliphatic rings. The van der Waals surface area contributed by atoms with Crippen LogP contribution in [0.15, 0.2) is 47.8 Å². The molecule has 1 atom stereocenters. The summed E-state index contributed by atoms with van der Waals surface area (Å²) in [5, 5.41) is 12.1. The van der Waals surface area contributed by atoms with Crippen LogP contribution in [-0.4, -0.2) is 40.0 Å². The van der Waals surface area contributed by atoms with Crippen LogP contribution in [-0.2, 0) is 4.79 Å². The van der Waals surface area contributed by atoms with Gasteiger partial charge in [0.05, 0.1) is 27.6 Å². The Kier molecular flexibility index (Phi) is 4.42. The molecule has 0 saturated carbocycles. The molecule has 2 aromatic heterocycles. The number of benzene rings is 1. The Morgan fingerprint density at radius 2 is 2.04 bits per heavy atom. The highest BCUT2D eigenvalue weighted by Crippen LogP contribution is 2.29. The minimum Gasteiger partial charge on any atom is -0.481 e. The molecule has 0 spiro atoms. The number of hydrogen-bond donors (Lipinski definition) is 1. The van der Waals surface area contributed by atoms with Crippen LogP contribution in [0.25, 0.3) is 21.5 Å². The number of fused-ring (bicyclic) bond motifs is 1. The van der Waals surface area contributed by atoms with Crippen molar-refractivity contribution >= 4 is 34.1 Å². The molecule has 1 aliphatic heterocycles. The van der Waals surface area contributed by atoms with E-state index in [1.165, 1.54) is 0 Å². The molecule has 1 aromatic carbocycles. The number of aliphatic carboxylic acids is 1. The summed E-state index contributed by atoms with van der Waals surface area (Å²) in [6, 6.07) is 13.4. The van der Waals surface area contributed by atoms with Crippen molar-refractivity contribution in [2.24, 2.45) is 5.92 Å². The van der Waals surface area contributed by atoms with Gasteiger partial charge < -0.3 is 10.0 Å². The first-order valence-corrected chi connectivity index (χ1v) is 9.47. The minimum absolute atomic E-state index is 0.118. The van der Waals surface area contributed by atoms with E-state index in [9.17, 15) is 14.7 Å². The zero-order chi connectivity index (χ0) is 18.1. The maximum absolute atomic E-state index is 13.2. The molecular weight excluding hydrogens is 348 g/mol. The van der Waals surface area contributed by atoms with E-state index in [1.54, 1.807) is 16.2 Å². The molecule has 6 heteroatoms. The number of aromatic nitrogens is 1. The number of carboxylic acid groups (broad SMARTS) is 1. The quantitative estimate of drug-likeness (QED) is 0.763. The third-order valence-electron chi connectivity index (χ3n) is 4.78. The number of thiophene rings is 1. The second kappa shape index (κ2) is 6.88. The van der Waals surface area contributed by atoms with E-state index in [0.717, 1.165) is 21.5 Å². The third kappa shape index (κ3) is 3.08. The van der Waals surface area contributed by atoms with Gasteiger partial charge in [0.1, 0.15) is 0 Å². The molecular formula is C20H18N2O3S. The Balaban J connectivity index is 1.77. The largest absolute Gasteiger partial charge is 0.481 e. The standard InChI is InChI=1S/C20H18N2O3S/c23-19(22-9-3-5-13(12-22)20(24)25)15-11-17(18-8-4-10-26-18)21-16-7-2-1-6-14(15)16/h1-2,4,6-8,10-11,13H,3,5,9,12H2,(H,24,25). The number of likely N-dealkylation sites (tertiary alicyclic amines) is 1. The van der Waals surface area contributed by atoms with E-state index in [-0.39, 0.29) is 12.5 Å². The maximum Gasteiger partial charge on any atom is 0.308 e. The average molecular weight is 366 g/mol. The molecule has 1 saturated heterocycles. The normalized spacial score (nSPS) is 17.4. The Hall–Kier alpha value is -2.73. The topological polar surface area (TPSA) is 70.5 Å². The van der Waals surface area contributed by atoms with Gasteiger partial charge in [-0.3, -0.25) is 9.59 Å². The predicted molar refractivity (Wildman–Crippen MR) is 101 cm³/mol. The molecule has 4 rings (SSSR count). The molecule has 3 heterocycles. The number of para-hydroxylation sites is 1. The number of carboxylic acids is 1. The van der Waals surface area contributed by atoms with Gasteiger partial charge in [-0.05, 0) is 36.4 Å². The molecule has 1 amide bonds. The van der Waals surface area contributed by atoms with E-state index in [4.69, 9.17) is 4.98 Å². The summed E-state index contributed by atoms with van der Waals surface area (Å²) in [7, 11) is 0. The number of rotatable bonds is 3. The van der Waals surface area contributed by atoms with Gasteiger partial charge in [0, 0.05) is 18.5 Å². The number of hydrogen-bond acceptors (Lipinski definition) is 4. The van der Waals surface area contributed by atoms with Crippen LogP contribution in [0, 0.1) is 5.92 Å². The number of amides is 1. The SMILES string of the molecule is O=C(O)C1CCCN(C(=O)c2cc(-c3cccs3)nc3ccccc23)C1. The molecule has 1 N–H and O–H groups in total. The highest BCUT2D eigenvalue weighted by Gasteiger charge is 2.29. The van der Waals surface area contributed by atoms with Gasteiger partial charge in [-0.2, -0.15) is 0 Å². The summed E-state index contributed by atoms with van der Waals surface area (Å²) in [4.78, 5) is 31.9. The van der Waals surface area contributed by atoms with Crippen molar-refractivity contribution < 1.29 is 14.7 Å². The lowest BCUT2D eigenvalue weighted by molar-refractivity contribution is -0.143. The van der Waals surface area contributed by atoms with E-state index >= 15 is 0 Å². The van der Waals surface area contributed by atoms with Gasteiger partial charge in [-0.1, -0.05) is 24.3 Å². The van der Waals surface area contributed by atoms with Crippen LogP contribution >= 0.6 is 11.3 Å². The lowest BCUT2D eigenvalue weighted by Gasteiger charge is -2.31. The first-order chi connectivity index (χ1) is 12.6. The molecule has 3 aromatic rings. The second-order valence-corrected chi connectivity index (χ2v) is 7.43. The molecule has 5 nitrogen and oxygen atoms in total. The van der Waals surface area contributed by atoms with Crippen LogP contribution < -0.4 is 0 Å². The van der Waals surface area contributed by atoms with Crippen molar-refractivity contribution in [1.82, 2.24) is 9.88 Å². The lowest BCUT2D eigenvalue weighted by Crippen LogP contribution is -2.42. The fraction of sp³-hybridized carbons (Fsp3) is 0.250. The van der Waals surface area contributed by atoms with Crippen LogP contribution in [0.5, 0.6) is 0 Å². The van der Waals surface area contributed by atoms with Crippen molar-refractivity contribution in [3.63, 3.8) is 0 Å². The van der Waals surface area contributed by atoms with Crippen LogP contribution in [0.2, 0.25) is 0 Å². The van der Waals surface area contributed by atoms with E-state index < -0.39 is 11.9 Å². The van der Waals surface area contributed by atoms with Crippen molar-refractivity contribution in [1.29, 1.82) is 0 Å². The van der Waals surface area contributed by atoms with Gasteiger partial charge >= 0.3 is 5.97 Å². The van der Waals surface area contributed by atoms with Gasteiger partial charge in [-0.15, -0.1) is 11.3 Å². The van der Waals surface area contributed by atoms with Gasteiger partial charge in [0.25, 0.3) is 5.91 Å². The molecule has 1 fully saturated rings. The van der Waals surface area contributed by atoms with Gasteiger partial charge in [0.2, 0.25) is 0 Å². The first kappa shape index (κ1) is 16.7. The van der Waals surface area contributed by atoms with Gasteiger partial charge in [0.15, 0.2) is 0 Å². The number of nitrogens with zero attached hydrogens (tertiary/aromatic N) is 2. The van der Waals surface area contributed by atoms with Crippen LogP contribution in [0.3, 0.4) is 0 Å². The zero-order valence-electron chi connectivity index (χ0n) is 14.1. The molecule has 26 heavy (non-hydrogen) atoms. The first-order valence-electron chi connectivity index (χ1n) is 8.59. The monoisotopic (exact) mass is 366 g/mol. The summed E-state index contributed by atoms with van der Waals surface area (Å²) < 4.78 is 0. The van der Waals surface area contributed by atoms with E-state index in [2.05, 4.69) is 0 Å².